The number of hydrogen-bond donors (Lipinski definition) is 0. The maximum atomic E-state index is 15.1. The summed E-state index contributed by atoms with van der Waals surface area (Å²) in [6, 6.07) is 18.7. The molecule has 0 atom stereocenters. The van der Waals surface area contributed by atoms with E-state index in [4.69, 9.17) is 11.6 Å². The minimum absolute atomic E-state index is 0.0926. The van der Waals surface area contributed by atoms with Crippen molar-refractivity contribution in [2.24, 2.45) is 0 Å². The van der Waals surface area contributed by atoms with Crippen molar-refractivity contribution in [1.82, 2.24) is 0 Å². The quantitative estimate of drug-likeness (QED) is 0.217. The van der Waals surface area contributed by atoms with Crippen molar-refractivity contribution in [3.05, 3.63) is 106 Å². The minimum Gasteiger partial charge on any atom is -0.206 e. The average Bonchev–Trinajstić information content (AvgIpc) is 2.80. The van der Waals surface area contributed by atoms with Crippen LogP contribution in [0.3, 0.4) is 0 Å². The average molecular weight is 449 g/mol. The molecule has 160 valence electrons. The highest BCUT2D eigenvalue weighted by Crippen LogP contribution is 2.32. The lowest BCUT2D eigenvalue weighted by Gasteiger charge is -2.09. The lowest BCUT2D eigenvalue weighted by Crippen LogP contribution is -1.91. The first kappa shape index (κ1) is 22.0. The molecule has 0 spiro atoms. The molecule has 4 aromatic rings. The molecular weight excluding hydrogens is 429 g/mol. The van der Waals surface area contributed by atoms with Gasteiger partial charge in [-0.05, 0) is 65.8 Å². The number of hydrogen-bond acceptors (Lipinski definition) is 0. The number of aryl methyl sites for hydroxylation is 1. The predicted molar refractivity (Wildman–Crippen MR) is 125 cm³/mol. The number of rotatable bonds is 4. The van der Waals surface area contributed by atoms with E-state index in [1.165, 1.54) is 24.5 Å². The van der Waals surface area contributed by atoms with Crippen LogP contribution in [0.1, 0.15) is 36.5 Å². The molecule has 0 saturated carbocycles. The van der Waals surface area contributed by atoms with Crippen molar-refractivity contribution < 1.29 is 13.2 Å². The normalized spacial score (nSPS) is 10.8. The second-order valence-corrected chi connectivity index (χ2v) is 8.05. The Morgan fingerprint density at radius 2 is 1.44 bits per heavy atom. The summed E-state index contributed by atoms with van der Waals surface area (Å²) in [4.78, 5) is 0. The van der Waals surface area contributed by atoms with E-state index < -0.39 is 22.5 Å². The molecule has 0 unspecified atom stereocenters. The van der Waals surface area contributed by atoms with Gasteiger partial charge in [0, 0.05) is 22.1 Å². The van der Waals surface area contributed by atoms with Crippen molar-refractivity contribution in [1.29, 1.82) is 0 Å². The first-order valence-electron chi connectivity index (χ1n) is 10.4. The zero-order chi connectivity index (χ0) is 22.7. The first-order chi connectivity index (χ1) is 15.5. The Balaban J connectivity index is 1.62. The van der Waals surface area contributed by atoms with E-state index in [2.05, 4.69) is 30.9 Å². The first-order valence-corrected chi connectivity index (χ1v) is 10.8. The lowest BCUT2D eigenvalue weighted by molar-refractivity contribution is 0.584. The molecule has 4 aromatic carbocycles. The monoisotopic (exact) mass is 448 g/mol. The van der Waals surface area contributed by atoms with E-state index in [0.29, 0.717) is 10.8 Å². The van der Waals surface area contributed by atoms with Gasteiger partial charge in [0.05, 0.1) is 0 Å². The van der Waals surface area contributed by atoms with Gasteiger partial charge >= 0.3 is 0 Å². The highest BCUT2D eigenvalue weighted by Gasteiger charge is 2.14. The highest BCUT2D eigenvalue weighted by atomic mass is 35.5. The summed E-state index contributed by atoms with van der Waals surface area (Å²) in [6.07, 6.45) is 3.40. The fourth-order valence-corrected chi connectivity index (χ4v) is 3.69. The fraction of sp³-hybridized carbons (Fsp3) is 0.143. The lowest BCUT2D eigenvalue weighted by atomic mass is 9.98. The van der Waals surface area contributed by atoms with E-state index in [0.717, 1.165) is 29.7 Å². The number of halogens is 4. The molecule has 0 bridgehead atoms. The highest BCUT2D eigenvalue weighted by molar-refractivity contribution is 6.31. The smallest absolute Gasteiger partial charge is 0.145 e. The zero-order valence-electron chi connectivity index (χ0n) is 17.5. The Bertz CT molecular complexity index is 1320. The van der Waals surface area contributed by atoms with E-state index >= 15 is 4.39 Å². The molecule has 0 aromatic heterocycles. The molecule has 0 fully saturated rings. The Hall–Kier alpha value is -3.22. The van der Waals surface area contributed by atoms with Gasteiger partial charge in [-0.2, -0.15) is 0 Å². The van der Waals surface area contributed by atoms with Crippen LogP contribution < -0.4 is 0 Å². The largest absolute Gasteiger partial charge is 0.206 e. The topological polar surface area (TPSA) is 0 Å². The van der Waals surface area contributed by atoms with E-state index in [1.54, 1.807) is 24.3 Å². The van der Waals surface area contributed by atoms with Crippen LogP contribution >= 0.6 is 11.6 Å². The van der Waals surface area contributed by atoms with Crippen molar-refractivity contribution in [3.8, 4) is 23.0 Å². The maximum Gasteiger partial charge on any atom is 0.145 e. The van der Waals surface area contributed by atoms with Crippen molar-refractivity contribution >= 4 is 22.4 Å². The third-order valence-corrected chi connectivity index (χ3v) is 5.73. The molecule has 0 heterocycles. The van der Waals surface area contributed by atoms with Crippen LogP contribution in [0.2, 0.25) is 5.02 Å². The summed E-state index contributed by atoms with van der Waals surface area (Å²) >= 11 is 5.53. The Morgan fingerprint density at radius 3 is 2.12 bits per heavy atom. The molecule has 0 amide bonds. The molecule has 0 aliphatic heterocycles. The molecule has 0 aliphatic carbocycles. The second kappa shape index (κ2) is 9.51. The van der Waals surface area contributed by atoms with Crippen LogP contribution in [-0.4, -0.2) is 0 Å². The van der Waals surface area contributed by atoms with Crippen molar-refractivity contribution in [2.45, 2.75) is 26.2 Å². The Morgan fingerprint density at radius 1 is 0.781 bits per heavy atom. The molecule has 0 saturated heterocycles. The van der Waals surface area contributed by atoms with Gasteiger partial charge in [-0.3, -0.25) is 0 Å². The van der Waals surface area contributed by atoms with Gasteiger partial charge in [-0.1, -0.05) is 67.1 Å². The van der Waals surface area contributed by atoms with Crippen LogP contribution in [0.15, 0.2) is 66.7 Å². The van der Waals surface area contributed by atoms with Gasteiger partial charge in [0.15, 0.2) is 0 Å². The van der Waals surface area contributed by atoms with Gasteiger partial charge in [-0.15, -0.1) is 0 Å². The van der Waals surface area contributed by atoms with E-state index in [-0.39, 0.29) is 11.1 Å². The van der Waals surface area contributed by atoms with Gasteiger partial charge in [-0.25, -0.2) is 13.2 Å². The summed E-state index contributed by atoms with van der Waals surface area (Å²) in [5.41, 5.74) is 3.17. The molecule has 0 aliphatic rings. The van der Waals surface area contributed by atoms with Crippen LogP contribution in [0.25, 0.3) is 21.9 Å². The minimum atomic E-state index is -0.926. The van der Waals surface area contributed by atoms with Crippen LogP contribution in [0.5, 0.6) is 0 Å². The van der Waals surface area contributed by atoms with Crippen molar-refractivity contribution in [3.63, 3.8) is 0 Å². The predicted octanol–water partition coefficient (Wildman–Crippen LogP) is 8.32. The fourth-order valence-electron chi connectivity index (χ4n) is 3.58. The summed E-state index contributed by atoms with van der Waals surface area (Å²) in [6.45, 7) is 2.17. The Kier molecular flexibility index (Phi) is 6.53. The summed E-state index contributed by atoms with van der Waals surface area (Å²) in [5.74, 6) is 3.85. The second-order valence-electron chi connectivity index (χ2n) is 7.67. The number of fused-ring (bicyclic) bond motifs is 1. The molecule has 0 nitrogen and oxygen atoms in total. The van der Waals surface area contributed by atoms with Gasteiger partial charge in [0.2, 0.25) is 0 Å². The van der Waals surface area contributed by atoms with Crippen LogP contribution in [0.4, 0.5) is 13.2 Å². The van der Waals surface area contributed by atoms with Crippen LogP contribution in [0, 0.1) is 29.3 Å². The summed E-state index contributed by atoms with van der Waals surface area (Å²) in [7, 11) is 0. The third kappa shape index (κ3) is 4.66. The van der Waals surface area contributed by atoms with Crippen molar-refractivity contribution in [2.75, 3.05) is 0 Å². The SMILES string of the molecule is CCCCc1ccc(C#Cc2ccc3c(F)c(-c4cc(F)c(Cl)c(F)c4)ccc3c2)cc1. The number of unbranched alkanes of at least 4 members (excludes halogenated alkanes) is 1. The number of benzene rings is 4. The maximum absolute atomic E-state index is 15.1. The molecular formula is C28H20ClF3. The van der Waals surface area contributed by atoms with Gasteiger partial charge in [0.1, 0.15) is 22.5 Å². The van der Waals surface area contributed by atoms with Crippen LogP contribution in [-0.2, 0) is 6.42 Å². The van der Waals surface area contributed by atoms with E-state index in [1.807, 2.05) is 12.1 Å². The van der Waals surface area contributed by atoms with Gasteiger partial charge in [0.25, 0.3) is 0 Å². The summed E-state index contributed by atoms with van der Waals surface area (Å²) in [5, 5.41) is 0.403. The molecule has 0 N–H and O–H groups in total. The standard InChI is InChI=1S/C28H20ClF3/c1-2-3-4-18-5-7-19(8-6-18)9-10-20-11-13-23-21(15-20)12-14-24(28(23)32)22-16-25(30)27(29)26(31)17-22/h5-8,11-17H,2-4H2,1H3. The molecule has 4 rings (SSSR count). The molecule has 4 heteroatoms. The summed E-state index contributed by atoms with van der Waals surface area (Å²) < 4.78 is 42.7. The van der Waals surface area contributed by atoms with Gasteiger partial charge < -0.3 is 0 Å². The molecule has 32 heavy (non-hydrogen) atoms. The molecule has 0 radical (unpaired) electrons. The third-order valence-electron chi connectivity index (χ3n) is 5.37. The zero-order valence-corrected chi connectivity index (χ0v) is 18.2. The van der Waals surface area contributed by atoms with E-state index in [9.17, 15) is 8.78 Å². The Labute approximate surface area is 190 Å².